The maximum atomic E-state index is 13.7. The van der Waals surface area contributed by atoms with Gasteiger partial charge in [0.15, 0.2) is 11.6 Å². The van der Waals surface area contributed by atoms with Crippen molar-refractivity contribution in [3.05, 3.63) is 69.2 Å². The van der Waals surface area contributed by atoms with E-state index in [0.29, 0.717) is 16.5 Å². The minimum absolute atomic E-state index is 0.224. The number of rotatable bonds is 5. The molecule has 21 heavy (non-hydrogen) atoms. The van der Waals surface area contributed by atoms with E-state index in [1.807, 2.05) is 0 Å². The van der Waals surface area contributed by atoms with Crippen LogP contribution in [0.15, 0.2) is 36.4 Å². The van der Waals surface area contributed by atoms with Gasteiger partial charge in [-0.15, -0.1) is 0 Å². The largest absolute Gasteiger partial charge is 0.271 e. The first-order chi connectivity index (χ1) is 10.0. The van der Waals surface area contributed by atoms with Crippen molar-refractivity contribution >= 4 is 23.2 Å². The molecule has 2 nitrogen and oxygen atoms in total. The molecule has 0 saturated carbocycles. The molecule has 1 unspecified atom stereocenters. The highest BCUT2D eigenvalue weighted by atomic mass is 35.5. The molecular weight excluding hydrogens is 317 g/mol. The topological polar surface area (TPSA) is 38.0 Å². The maximum Gasteiger partial charge on any atom is 0.162 e. The van der Waals surface area contributed by atoms with Gasteiger partial charge in [-0.2, -0.15) is 0 Å². The van der Waals surface area contributed by atoms with Gasteiger partial charge in [-0.1, -0.05) is 41.4 Å². The van der Waals surface area contributed by atoms with Gasteiger partial charge in [-0.05, 0) is 42.2 Å². The van der Waals surface area contributed by atoms with E-state index in [1.54, 1.807) is 18.2 Å². The molecular formula is C15H14Cl2F2N2. The van der Waals surface area contributed by atoms with Gasteiger partial charge in [0, 0.05) is 16.1 Å². The van der Waals surface area contributed by atoms with Gasteiger partial charge in [0.25, 0.3) is 0 Å². The number of hydrogen-bond acceptors (Lipinski definition) is 2. The molecule has 2 aromatic carbocycles. The summed E-state index contributed by atoms with van der Waals surface area (Å²) in [5.74, 6) is 3.77. The Morgan fingerprint density at radius 2 is 1.62 bits per heavy atom. The summed E-state index contributed by atoms with van der Waals surface area (Å²) in [4.78, 5) is 0. The molecule has 0 radical (unpaired) electrons. The van der Waals surface area contributed by atoms with Crippen molar-refractivity contribution in [1.29, 1.82) is 0 Å². The second-order valence-corrected chi connectivity index (χ2v) is 5.50. The summed E-state index contributed by atoms with van der Waals surface area (Å²) in [5, 5.41) is 1.03. The van der Waals surface area contributed by atoms with Crippen molar-refractivity contribution in [2.75, 3.05) is 0 Å². The predicted molar refractivity (Wildman–Crippen MR) is 81.3 cm³/mol. The van der Waals surface area contributed by atoms with Gasteiger partial charge in [-0.25, -0.2) is 8.78 Å². The number of hydrogen-bond donors (Lipinski definition) is 2. The molecule has 3 N–H and O–H groups in total. The monoisotopic (exact) mass is 330 g/mol. The average molecular weight is 331 g/mol. The molecule has 0 aromatic heterocycles. The number of nitrogens with one attached hydrogen (secondary N) is 1. The molecule has 0 amide bonds. The number of benzene rings is 2. The third-order valence-corrected chi connectivity index (χ3v) is 3.95. The Morgan fingerprint density at radius 1 is 1.00 bits per heavy atom. The normalized spacial score (nSPS) is 12.4. The van der Waals surface area contributed by atoms with Crippen LogP contribution in [0.2, 0.25) is 10.0 Å². The highest BCUT2D eigenvalue weighted by Crippen LogP contribution is 2.26. The van der Waals surface area contributed by atoms with Crippen molar-refractivity contribution in [3.8, 4) is 0 Å². The second-order valence-electron chi connectivity index (χ2n) is 4.68. The van der Waals surface area contributed by atoms with Crippen LogP contribution in [0.3, 0.4) is 0 Å². The van der Waals surface area contributed by atoms with Gasteiger partial charge in [0.05, 0.1) is 0 Å². The molecule has 6 heteroatoms. The molecule has 0 bridgehead atoms. The van der Waals surface area contributed by atoms with E-state index >= 15 is 0 Å². The van der Waals surface area contributed by atoms with Crippen LogP contribution in [0.5, 0.6) is 0 Å². The fourth-order valence-corrected chi connectivity index (χ4v) is 2.69. The fourth-order valence-electron chi connectivity index (χ4n) is 2.14. The van der Waals surface area contributed by atoms with Crippen LogP contribution in [0.25, 0.3) is 0 Å². The van der Waals surface area contributed by atoms with Gasteiger partial charge in [0.2, 0.25) is 0 Å². The Bertz CT molecular complexity index is 615. The van der Waals surface area contributed by atoms with Crippen LogP contribution in [0.1, 0.15) is 11.1 Å². The first-order valence-electron chi connectivity index (χ1n) is 6.34. The predicted octanol–water partition coefficient (Wildman–Crippen LogP) is 3.89. The first kappa shape index (κ1) is 16.2. The second kappa shape index (κ2) is 7.18. The molecule has 112 valence electrons. The summed E-state index contributed by atoms with van der Waals surface area (Å²) >= 11 is 12.2. The van der Waals surface area contributed by atoms with E-state index in [9.17, 15) is 8.78 Å². The standard InChI is InChI=1S/C15H14Cl2F2N2/c16-12-4-2-5-13(17)11(12)8-10(21-20)7-9-3-1-6-14(18)15(9)19/h1-6,10,21H,7-8,20H2. The van der Waals surface area contributed by atoms with Gasteiger partial charge < -0.3 is 0 Å². The van der Waals surface area contributed by atoms with E-state index in [1.165, 1.54) is 12.1 Å². The maximum absolute atomic E-state index is 13.7. The Labute approximate surface area is 131 Å². The Kier molecular flexibility index (Phi) is 5.53. The SMILES string of the molecule is NNC(Cc1cccc(F)c1F)Cc1c(Cl)cccc1Cl. The molecule has 2 aromatic rings. The summed E-state index contributed by atoms with van der Waals surface area (Å²) in [7, 11) is 0. The number of nitrogens with two attached hydrogens (primary N) is 1. The Morgan fingerprint density at radius 3 is 2.24 bits per heavy atom. The van der Waals surface area contributed by atoms with E-state index in [-0.39, 0.29) is 18.0 Å². The van der Waals surface area contributed by atoms with Crippen LogP contribution in [0, 0.1) is 11.6 Å². The van der Waals surface area contributed by atoms with E-state index in [0.717, 1.165) is 11.6 Å². The molecule has 0 aliphatic rings. The van der Waals surface area contributed by atoms with Crippen LogP contribution in [0.4, 0.5) is 8.78 Å². The summed E-state index contributed by atoms with van der Waals surface area (Å²) < 4.78 is 26.9. The number of hydrazine groups is 1. The zero-order chi connectivity index (χ0) is 15.4. The molecule has 1 atom stereocenters. The van der Waals surface area contributed by atoms with Crippen molar-refractivity contribution in [2.24, 2.45) is 5.84 Å². The molecule has 0 aliphatic carbocycles. The lowest BCUT2D eigenvalue weighted by molar-refractivity contribution is 0.474. The van der Waals surface area contributed by atoms with Crippen molar-refractivity contribution in [2.45, 2.75) is 18.9 Å². The zero-order valence-electron chi connectivity index (χ0n) is 11.0. The smallest absolute Gasteiger partial charge is 0.162 e. The zero-order valence-corrected chi connectivity index (χ0v) is 12.6. The lowest BCUT2D eigenvalue weighted by Crippen LogP contribution is -2.38. The van der Waals surface area contributed by atoms with Crippen molar-refractivity contribution in [3.63, 3.8) is 0 Å². The van der Waals surface area contributed by atoms with E-state index in [2.05, 4.69) is 5.43 Å². The first-order valence-corrected chi connectivity index (χ1v) is 7.10. The van der Waals surface area contributed by atoms with Gasteiger partial charge in [-0.3, -0.25) is 11.3 Å². The number of halogens is 4. The van der Waals surface area contributed by atoms with Crippen LogP contribution >= 0.6 is 23.2 Å². The summed E-state index contributed by atoms with van der Waals surface area (Å²) in [5.41, 5.74) is 3.57. The van der Waals surface area contributed by atoms with Crippen LogP contribution < -0.4 is 11.3 Å². The Hall–Kier alpha value is -1.20. The summed E-state index contributed by atoms with van der Waals surface area (Å²) in [6.07, 6.45) is 0.632. The molecule has 0 saturated heterocycles. The van der Waals surface area contributed by atoms with E-state index < -0.39 is 11.6 Å². The third kappa shape index (κ3) is 3.92. The lowest BCUT2D eigenvalue weighted by Gasteiger charge is -2.18. The summed E-state index contributed by atoms with van der Waals surface area (Å²) in [6, 6.07) is 8.93. The highest BCUT2D eigenvalue weighted by Gasteiger charge is 2.16. The highest BCUT2D eigenvalue weighted by molar-refractivity contribution is 6.36. The van der Waals surface area contributed by atoms with E-state index in [4.69, 9.17) is 29.0 Å². The van der Waals surface area contributed by atoms with Crippen molar-refractivity contribution < 1.29 is 8.78 Å². The molecule has 2 rings (SSSR count). The quantitative estimate of drug-likeness (QED) is 0.644. The molecule has 0 fully saturated rings. The third-order valence-electron chi connectivity index (χ3n) is 3.25. The summed E-state index contributed by atoms with van der Waals surface area (Å²) in [6.45, 7) is 0. The molecule has 0 spiro atoms. The molecule has 0 aliphatic heterocycles. The fraction of sp³-hybridized carbons (Fsp3) is 0.200. The van der Waals surface area contributed by atoms with Gasteiger partial charge >= 0.3 is 0 Å². The van der Waals surface area contributed by atoms with Gasteiger partial charge in [0.1, 0.15) is 0 Å². The Balaban J connectivity index is 2.19. The van der Waals surface area contributed by atoms with Crippen LogP contribution in [-0.2, 0) is 12.8 Å². The minimum atomic E-state index is -0.876. The molecule has 0 heterocycles. The van der Waals surface area contributed by atoms with Crippen molar-refractivity contribution in [1.82, 2.24) is 5.43 Å². The lowest BCUT2D eigenvalue weighted by atomic mass is 9.99. The minimum Gasteiger partial charge on any atom is -0.271 e. The van der Waals surface area contributed by atoms with Crippen LogP contribution in [-0.4, -0.2) is 6.04 Å². The average Bonchev–Trinajstić information content (AvgIpc) is 2.46.